The van der Waals surface area contributed by atoms with Crippen LogP contribution < -0.4 is 0 Å². The number of aliphatic hydroxyl groups is 3. The van der Waals surface area contributed by atoms with Crippen molar-refractivity contribution < 1.29 is 15.3 Å². The second kappa shape index (κ2) is 3.23. The highest BCUT2D eigenvalue weighted by Crippen LogP contribution is 2.37. The van der Waals surface area contributed by atoms with E-state index >= 15 is 0 Å². The number of hydrogen-bond donors (Lipinski definition) is 3. The molecule has 1 aliphatic carbocycles. The monoisotopic (exact) mass is 188 g/mol. The van der Waals surface area contributed by atoms with Crippen LogP contribution in [0.1, 0.15) is 40.0 Å². The molecule has 13 heavy (non-hydrogen) atoms. The van der Waals surface area contributed by atoms with E-state index in [9.17, 15) is 15.3 Å². The first kappa shape index (κ1) is 11.0. The largest absolute Gasteiger partial charge is 0.393 e. The van der Waals surface area contributed by atoms with Crippen molar-refractivity contribution in [3.8, 4) is 0 Å². The Bertz CT molecular complexity index is 181. The molecule has 0 aromatic carbocycles. The smallest absolute Gasteiger partial charge is 0.0644 e. The van der Waals surface area contributed by atoms with Gasteiger partial charge in [0.1, 0.15) is 0 Å². The number of aliphatic hydroxyl groups excluding tert-OH is 1. The predicted octanol–water partition coefficient (Wildman–Crippen LogP) is 0.669. The first-order valence-corrected chi connectivity index (χ1v) is 4.85. The minimum Gasteiger partial charge on any atom is -0.393 e. The highest BCUT2D eigenvalue weighted by Gasteiger charge is 2.41. The summed E-state index contributed by atoms with van der Waals surface area (Å²) in [7, 11) is 0. The van der Waals surface area contributed by atoms with Gasteiger partial charge in [0, 0.05) is 12.3 Å². The molecule has 3 nitrogen and oxygen atoms in total. The Hall–Kier alpha value is -0.120. The molecule has 78 valence electrons. The minimum absolute atomic E-state index is 0.118. The van der Waals surface area contributed by atoms with Crippen molar-refractivity contribution in [3.05, 3.63) is 0 Å². The van der Waals surface area contributed by atoms with Gasteiger partial charge in [-0.05, 0) is 33.6 Å². The molecule has 1 rings (SSSR count). The van der Waals surface area contributed by atoms with Crippen molar-refractivity contribution in [2.75, 3.05) is 0 Å². The highest BCUT2D eigenvalue weighted by molar-refractivity contribution is 4.93. The van der Waals surface area contributed by atoms with Crippen LogP contribution >= 0.6 is 0 Å². The maximum atomic E-state index is 9.74. The van der Waals surface area contributed by atoms with E-state index in [4.69, 9.17) is 0 Å². The molecule has 0 bridgehead atoms. The van der Waals surface area contributed by atoms with E-state index in [2.05, 4.69) is 0 Å². The van der Waals surface area contributed by atoms with Gasteiger partial charge in [0.05, 0.1) is 17.3 Å². The van der Waals surface area contributed by atoms with Crippen LogP contribution in [0.25, 0.3) is 0 Å². The Morgan fingerprint density at radius 1 is 1.38 bits per heavy atom. The number of hydrogen-bond acceptors (Lipinski definition) is 3. The van der Waals surface area contributed by atoms with Crippen LogP contribution in [0, 0.1) is 5.92 Å². The molecular formula is C10H20O3. The van der Waals surface area contributed by atoms with Crippen molar-refractivity contribution in [2.45, 2.75) is 57.3 Å². The van der Waals surface area contributed by atoms with Crippen LogP contribution in [-0.2, 0) is 0 Å². The van der Waals surface area contributed by atoms with Crippen molar-refractivity contribution >= 4 is 0 Å². The molecule has 0 aromatic heterocycles. The van der Waals surface area contributed by atoms with Crippen LogP contribution in [0.4, 0.5) is 0 Å². The van der Waals surface area contributed by atoms with Gasteiger partial charge in [-0.25, -0.2) is 0 Å². The summed E-state index contributed by atoms with van der Waals surface area (Å²) >= 11 is 0. The van der Waals surface area contributed by atoms with E-state index < -0.39 is 17.3 Å². The van der Waals surface area contributed by atoms with Gasteiger partial charge in [-0.15, -0.1) is 0 Å². The predicted molar refractivity (Wildman–Crippen MR) is 50.3 cm³/mol. The van der Waals surface area contributed by atoms with Gasteiger partial charge in [-0.1, -0.05) is 0 Å². The zero-order valence-electron chi connectivity index (χ0n) is 8.62. The molecule has 3 N–H and O–H groups in total. The topological polar surface area (TPSA) is 60.7 Å². The molecule has 0 radical (unpaired) electrons. The lowest BCUT2D eigenvalue weighted by Gasteiger charge is -2.42. The number of rotatable bonds is 1. The Morgan fingerprint density at radius 3 is 2.31 bits per heavy atom. The lowest BCUT2D eigenvalue weighted by Crippen LogP contribution is -2.47. The van der Waals surface area contributed by atoms with E-state index in [-0.39, 0.29) is 5.92 Å². The highest BCUT2D eigenvalue weighted by atomic mass is 16.3. The van der Waals surface area contributed by atoms with Crippen molar-refractivity contribution in [1.29, 1.82) is 0 Å². The maximum absolute atomic E-state index is 9.74. The van der Waals surface area contributed by atoms with Gasteiger partial charge in [0.25, 0.3) is 0 Å². The molecule has 1 aliphatic rings. The van der Waals surface area contributed by atoms with Gasteiger partial charge in [-0.3, -0.25) is 0 Å². The van der Waals surface area contributed by atoms with Crippen LogP contribution in [0.15, 0.2) is 0 Å². The Morgan fingerprint density at radius 2 is 1.92 bits per heavy atom. The fourth-order valence-corrected chi connectivity index (χ4v) is 2.18. The normalized spacial score (nSPS) is 42.0. The summed E-state index contributed by atoms with van der Waals surface area (Å²) in [5, 5.41) is 29.1. The molecule has 3 heteroatoms. The maximum Gasteiger partial charge on any atom is 0.0644 e. The lowest BCUT2D eigenvalue weighted by atomic mass is 9.71. The van der Waals surface area contributed by atoms with Crippen molar-refractivity contribution in [1.82, 2.24) is 0 Å². The second-order valence-electron chi connectivity index (χ2n) is 5.07. The Balaban J connectivity index is 2.64. The van der Waals surface area contributed by atoms with Crippen molar-refractivity contribution in [3.63, 3.8) is 0 Å². The third kappa shape index (κ3) is 2.66. The average molecular weight is 188 g/mol. The van der Waals surface area contributed by atoms with Crippen LogP contribution in [0.3, 0.4) is 0 Å². The molecular weight excluding hydrogens is 168 g/mol. The molecule has 0 amide bonds. The average Bonchev–Trinajstić information content (AvgIpc) is 1.80. The fraction of sp³-hybridized carbons (Fsp3) is 1.00. The molecule has 0 saturated heterocycles. The quantitative estimate of drug-likeness (QED) is 0.567. The fourth-order valence-electron chi connectivity index (χ4n) is 2.18. The molecule has 0 unspecified atom stereocenters. The molecule has 0 heterocycles. The van der Waals surface area contributed by atoms with Crippen LogP contribution in [0.2, 0.25) is 0 Å². The third-order valence-electron chi connectivity index (χ3n) is 3.01. The van der Waals surface area contributed by atoms with Gasteiger partial charge < -0.3 is 15.3 Å². The standard InChI is InChI=1S/C10H20O3/c1-9(2,12)7-4-5-10(3,13)6-8(7)11/h7-8,11-13H,4-6H2,1-3H3/t7-,8-,10-/m1/s1. The zero-order chi connectivity index (χ0) is 10.3. The van der Waals surface area contributed by atoms with Gasteiger partial charge in [-0.2, -0.15) is 0 Å². The van der Waals surface area contributed by atoms with Gasteiger partial charge in [0.2, 0.25) is 0 Å². The van der Waals surface area contributed by atoms with Gasteiger partial charge >= 0.3 is 0 Å². The van der Waals surface area contributed by atoms with E-state index in [1.807, 2.05) is 0 Å². The summed E-state index contributed by atoms with van der Waals surface area (Å²) in [6, 6.07) is 0. The molecule has 1 fully saturated rings. The first-order valence-electron chi connectivity index (χ1n) is 4.85. The zero-order valence-corrected chi connectivity index (χ0v) is 8.62. The van der Waals surface area contributed by atoms with E-state index in [0.29, 0.717) is 19.3 Å². The second-order valence-corrected chi connectivity index (χ2v) is 5.07. The van der Waals surface area contributed by atoms with Crippen LogP contribution in [0.5, 0.6) is 0 Å². The van der Waals surface area contributed by atoms with E-state index in [1.165, 1.54) is 0 Å². The lowest BCUT2D eigenvalue weighted by molar-refractivity contribution is -0.115. The SMILES string of the molecule is CC(C)(O)[C@@H]1CC[C@@](C)(O)C[C@H]1O. The van der Waals surface area contributed by atoms with E-state index in [0.717, 1.165) is 0 Å². The summed E-state index contributed by atoms with van der Waals surface area (Å²) in [6.07, 6.45) is 1.10. The molecule has 3 atom stereocenters. The summed E-state index contributed by atoms with van der Waals surface area (Å²) in [5.41, 5.74) is -1.61. The molecule has 0 aromatic rings. The summed E-state index contributed by atoms with van der Waals surface area (Å²) in [6.45, 7) is 5.15. The first-order chi connectivity index (χ1) is 5.72. The third-order valence-corrected chi connectivity index (χ3v) is 3.01. The Labute approximate surface area is 79.4 Å². The van der Waals surface area contributed by atoms with E-state index in [1.54, 1.807) is 20.8 Å². The minimum atomic E-state index is -0.851. The molecule has 1 saturated carbocycles. The Kier molecular flexibility index (Phi) is 2.72. The summed E-state index contributed by atoms with van der Waals surface area (Å²) in [4.78, 5) is 0. The van der Waals surface area contributed by atoms with Crippen LogP contribution in [-0.4, -0.2) is 32.6 Å². The molecule has 0 spiro atoms. The van der Waals surface area contributed by atoms with Gasteiger partial charge in [0.15, 0.2) is 0 Å². The summed E-state index contributed by atoms with van der Waals surface area (Å²) in [5.74, 6) is -0.118. The van der Waals surface area contributed by atoms with Crippen molar-refractivity contribution in [2.24, 2.45) is 5.92 Å². The molecule has 0 aliphatic heterocycles. The summed E-state index contributed by atoms with van der Waals surface area (Å²) < 4.78 is 0.